The average Bonchev–Trinajstić information content (AvgIpc) is 2.62. The first-order chi connectivity index (χ1) is 12.4. The number of carbonyl (C=O) groups excluding carboxylic acids is 3. The Hall–Kier alpha value is -2.93. The van der Waals surface area contributed by atoms with Crippen molar-refractivity contribution in [1.29, 1.82) is 0 Å². The molecule has 0 aliphatic heterocycles. The number of ketones is 1. The summed E-state index contributed by atoms with van der Waals surface area (Å²) in [5.41, 5.74) is -1.50. The number of nitrogens with one attached hydrogen (secondary N) is 1. The smallest absolute Gasteiger partial charge is 0.355 e. The van der Waals surface area contributed by atoms with Crippen molar-refractivity contribution in [1.82, 2.24) is 4.98 Å². The van der Waals surface area contributed by atoms with Gasteiger partial charge in [-0.25, -0.2) is 9.59 Å². The van der Waals surface area contributed by atoms with E-state index in [1.165, 1.54) is 24.3 Å². The van der Waals surface area contributed by atoms with Gasteiger partial charge in [0.2, 0.25) is 0 Å². The summed E-state index contributed by atoms with van der Waals surface area (Å²) in [7, 11) is 0. The molecule has 136 valence electrons. The molecule has 0 atom stereocenters. The lowest BCUT2D eigenvalue weighted by Gasteiger charge is -2.10. The van der Waals surface area contributed by atoms with Crippen LogP contribution in [0, 0.1) is 0 Å². The third-order valence-electron chi connectivity index (χ3n) is 3.37. The number of pyridine rings is 1. The number of esters is 2. The molecule has 0 aliphatic carbocycles. The number of H-pyrrole nitrogens is 1. The maximum absolute atomic E-state index is 12.8. The predicted molar refractivity (Wildman–Crippen MR) is 93.9 cm³/mol. The number of benzene rings is 1. The maximum atomic E-state index is 12.8. The largest absolute Gasteiger partial charge is 0.462 e. The molecule has 0 saturated carbocycles. The number of hydrogen-bond donors (Lipinski definition) is 1. The topological polar surface area (TPSA) is 103 Å². The van der Waals surface area contributed by atoms with Gasteiger partial charge in [0.05, 0.1) is 18.8 Å². The van der Waals surface area contributed by atoms with Crippen LogP contribution in [0.15, 0.2) is 35.1 Å². The van der Waals surface area contributed by atoms with E-state index in [-0.39, 0.29) is 35.6 Å². The van der Waals surface area contributed by atoms with Gasteiger partial charge in [-0.1, -0.05) is 11.6 Å². The Morgan fingerprint density at radius 2 is 1.54 bits per heavy atom. The molecular formula is C18H16ClNO6. The van der Waals surface area contributed by atoms with Crippen LogP contribution in [0.2, 0.25) is 5.02 Å². The van der Waals surface area contributed by atoms with Crippen molar-refractivity contribution in [3.63, 3.8) is 0 Å². The number of ether oxygens (including phenoxy) is 2. The summed E-state index contributed by atoms with van der Waals surface area (Å²) in [5.74, 6) is -2.35. The van der Waals surface area contributed by atoms with Crippen LogP contribution in [0.3, 0.4) is 0 Å². The standard InChI is InChI=1S/C18H16ClNO6/c1-3-25-17(23)13-9-12(14(20-16(13)22)18(24)26-4-2)15(21)10-5-7-11(19)8-6-10/h5-9H,3-4H2,1-2H3,(H,20,22). The van der Waals surface area contributed by atoms with E-state index in [9.17, 15) is 19.2 Å². The lowest BCUT2D eigenvalue weighted by molar-refractivity contribution is 0.0502. The number of carbonyl (C=O) groups is 3. The maximum Gasteiger partial charge on any atom is 0.355 e. The van der Waals surface area contributed by atoms with Gasteiger partial charge in [0.15, 0.2) is 5.78 Å². The molecule has 2 aromatic rings. The van der Waals surface area contributed by atoms with Crippen LogP contribution >= 0.6 is 11.6 Å². The number of hydrogen-bond acceptors (Lipinski definition) is 6. The van der Waals surface area contributed by atoms with E-state index in [0.29, 0.717) is 5.02 Å². The predicted octanol–water partition coefficient (Wildman–Crippen LogP) is 2.61. The minimum Gasteiger partial charge on any atom is -0.462 e. The van der Waals surface area contributed by atoms with Crippen molar-refractivity contribution in [2.45, 2.75) is 13.8 Å². The molecule has 7 nitrogen and oxygen atoms in total. The summed E-state index contributed by atoms with van der Waals surface area (Å²) in [5, 5.41) is 0.431. The SMILES string of the molecule is CCOC(=O)c1[nH]c(=O)c(C(=O)OCC)cc1C(=O)c1ccc(Cl)cc1. The lowest BCUT2D eigenvalue weighted by Crippen LogP contribution is -2.26. The fourth-order valence-electron chi connectivity index (χ4n) is 2.19. The first kappa shape index (κ1) is 19.4. The number of aromatic amines is 1. The zero-order chi connectivity index (χ0) is 19.3. The van der Waals surface area contributed by atoms with Gasteiger partial charge in [0.25, 0.3) is 5.56 Å². The molecule has 1 aromatic carbocycles. The van der Waals surface area contributed by atoms with E-state index in [1.807, 2.05) is 0 Å². The highest BCUT2D eigenvalue weighted by Gasteiger charge is 2.25. The highest BCUT2D eigenvalue weighted by atomic mass is 35.5. The molecule has 0 fully saturated rings. The highest BCUT2D eigenvalue weighted by molar-refractivity contribution is 6.30. The number of aromatic nitrogens is 1. The van der Waals surface area contributed by atoms with Crippen molar-refractivity contribution < 1.29 is 23.9 Å². The molecule has 8 heteroatoms. The zero-order valence-corrected chi connectivity index (χ0v) is 14.9. The molecule has 0 unspecified atom stereocenters. The van der Waals surface area contributed by atoms with Crippen LogP contribution in [0.1, 0.15) is 50.6 Å². The van der Waals surface area contributed by atoms with E-state index in [4.69, 9.17) is 21.1 Å². The first-order valence-electron chi connectivity index (χ1n) is 7.80. The summed E-state index contributed by atoms with van der Waals surface area (Å²) in [6.45, 7) is 3.27. The molecular weight excluding hydrogens is 362 g/mol. The summed E-state index contributed by atoms with van der Waals surface area (Å²) in [6.07, 6.45) is 0. The van der Waals surface area contributed by atoms with E-state index in [1.54, 1.807) is 13.8 Å². The second kappa shape index (κ2) is 8.44. The second-order valence-electron chi connectivity index (χ2n) is 5.08. The fraction of sp³-hybridized carbons (Fsp3) is 0.222. The van der Waals surface area contributed by atoms with Crippen molar-refractivity contribution in [2.24, 2.45) is 0 Å². The average molecular weight is 378 g/mol. The van der Waals surface area contributed by atoms with E-state index < -0.39 is 23.3 Å². The number of rotatable bonds is 6. The third-order valence-corrected chi connectivity index (χ3v) is 3.62. The Kier molecular flexibility index (Phi) is 6.30. The molecule has 0 saturated heterocycles. The van der Waals surface area contributed by atoms with Crippen LogP contribution in [0.5, 0.6) is 0 Å². The van der Waals surface area contributed by atoms with Gasteiger partial charge >= 0.3 is 11.9 Å². The van der Waals surface area contributed by atoms with Gasteiger partial charge in [0.1, 0.15) is 11.3 Å². The minimum atomic E-state index is -0.894. The van der Waals surface area contributed by atoms with Crippen LogP contribution in [-0.4, -0.2) is 35.9 Å². The molecule has 0 radical (unpaired) electrons. The van der Waals surface area contributed by atoms with Crippen LogP contribution in [0.4, 0.5) is 0 Å². The van der Waals surface area contributed by atoms with Crippen LogP contribution < -0.4 is 5.56 Å². The number of halogens is 1. The van der Waals surface area contributed by atoms with Gasteiger partial charge in [-0.05, 0) is 44.2 Å². The van der Waals surface area contributed by atoms with E-state index in [0.717, 1.165) is 6.07 Å². The lowest BCUT2D eigenvalue weighted by atomic mass is 10.00. The van der Waals surface area contributed by atoms with Crippen molar-refractivity contribution in [3.05, 3.63) is 68.1 Å². The van der Waals surface area contributed by atoms with Crippen molar-refractivity contribution in [3.8, 4) is 0 Å². The van der Waals surface area contributed by atoms with Gasteiger partial charge in [-0.3, -0.25) is 9.59 Å². The van der Waals surface area contributed by atoms with Crippen molar-refractivity contribution >= 4 is 29.3 Å². The normalized spacial score (nSPS) is 10.3. The Bertz CT molecular complexity index is 901. The van der Waals surface area contributed by atoms with Gasteiger partial charge in [-0.15, -0.1) is 0 Å². The highest BCUT2D eigenvalue weighted by Crippen LogP contribution is 2.17. The summed E-state index contributed by atoms with van der Waals surface area (Å²) < 4.78 is 9.69. The summed E-state index contributed by atoms with van der Waals surface area (Å²) in [6, 6.07) is 7.00. The molecule has 1 heterocycles. The quantitative estimate of drug-likeness (QED) is 0.613. The molecule has 2 rings (SSSR count). The van der Waals surface area contributed by atoms with Crippen LogP contribution in [0.25, 0.3) is 0 Å². The Balaban J connectivity index is 2.62. The van der Waals surface area contributed by atoms with Gasteiger partial charge in [-0.2, -0.15) is 0 Å². The zero-order valence-electron chi connectivity index (χ0n) is 14.1. The van der Waals surface area contributed by atoms with Gasteiger partial charge in [0, 0.05) is 10.6 Å². The molecule has 26 heavy (non-hydrogen) atoms. The Morgan fingerprint density at radius 3 is 2.12 bits per heavy atom. The monoisotopic (exact) mass is 377 g/mol. The molecule has 1 N–H and O–H groups in total. The molecule has 0 bridgehead atoms. The Labute approximate surface area is 153 Å². The molecule has 0 spiro atoms. The first-order valence-corrected chi connectivity index (χ1v) is 8.18. The Morgan fingerprint density at radius 1 is 0.962 bits per heavy atom. The van der Waals surface area contributed by atoms with Crippen LogP contribution in [-0.2, 0) is 9.47 Å². The minimum absolute atomic E-state index is 0.0507. The molecule has 1 aromatic heterocycles. The van der Waals surface area contributed by atoms with E-state index in [2.05, 4.69) is 4.98 Å². The summed E-state index contributed by atoms with van der Waals surface area (Å²) >= 11 is 5.81. The van der Waals surface area contributed by atoms with E-state index >= 15 is 0 Å². The fourth-order valence-corrected chi connectivity index (χ4v) is 2.32. The second-order valence-corrected chi connectivity index (χ2v) is 5.51. The van der Waals surface area contributed by atoms with Crippen molar-refractivity contribution in [2.75, 3.05) is 13.2 Å². The summed E-state index contributed by atoms with van der Waals surface area (Å²) in [4.78, 5) is 51.3. The molecule has 0 aliphatic rings. The third kappa shape index (κ3) is 4.18. The van der Waals surface area contributed by atoms with Gasteiger partial charge < -0.3 is 14.5 Å². The molecule has 0 amide bonds.